The van der Waals surface area contributed by atoms with Crippen LogP contribution in [-0.4, -0.2) is 64.7 Å². The average molecular weight is 421 g/mol. The van der Waals surface area contributed by atoms with Crippen molar-refractivity contribution in [3.8, 4) is 12.3 Å². The Hall–Kier alpha value is -3.40. The molecule has 2 N–H and O–H groups in total. The Labute approximate surface area is 183 Å². The minimum absolute atomic E-state index is 0.558. The van der Waals surface area contributed by atoms with E-state index < -0.39 is 11.9 Å². The highest BCUT2D eigenvalue weighted by atomic mass is 16.4. The van der Waals surface area contributed by atoms with Crippen LogP contribution in [0.1, 0.15) is 16.7 Å². The summed E-state index contributed by atoms with van der Waals surface area (Å²) >= 11 is 0. The standard InChI is InChI=1S/C21H24N2.C4H4O4/c1-2-12-22-13-15-23(16-14-22)18-21-11-7-6-10-20(21)17-19-8-4-3-5-9-19;5-3(6)1-2-4(7)8/h1,3-11H,12-18H2;1-2H,(H,5,6)(H,7,8)/b;2-1-. The Morgan fingerprint density at radius 3 is 1.90 bits per heavy atom. The second-order valence-corrected chi connectivity index (χ2v) is 7.20. The van der Waals surface area contributed by atoms with E-state index in [9.17, 15) is 9.59 Å². The van der Waals surface area contributed by atoms with Gasteiger partial charge >= 0.3 is 11.9 Å². The highest BCUT2D eigenvalue weighted by Crippen LogP contribution is 2.17. The normalized spacial score (nSPS) is 14.4. The van der Waals surface area contributed by atoms with Crippen molar-refractivity contribution < 1.29 is 19.8 Å². The Kier molecular flexibility index (Phi) is 10.0. The van der Waals surface area contributed by atoms with Gasteiger partial charge in [-0.25, -0.2) is 9.59 Å². The maximum absolute atomic E-state index is 9.55. The molecule has 0 aromatic heterocycles. The fourth-order valence-electron chi connectivity index (χ4n) is 3.32. The monoisotopic (exact) mass is 420 g/mol. The Balaban J connectivity index is 0.000000366. The van der Waals surface area contributed by atoms with E-state index in [1.807, 2.05) is 0 Å². The molecule has 0 saturated carbocycles. The second kappa shape index (κ2) is 13.0. The molecule has 0 amide bonds. The molecule has 6 heteroatoms. The van der Waals surface area contributed by atoms with Crippen LogP contribution in [0.5, 0.6) is 0 Å². The molecule has 2 aromatic carbocycles. The first-order valence-electron chi connectivity index (χ1n) is 10.1. The first kappa shape index (κ1) is 23.9. The number of benzene rings is 2. The Morgan fingerprint density at radius 2 is 1.35 bits per heavy atom. The van der Waals surface area contributed by atoms with Gasteiger partial charge in [-0.05, 0) is 23.1 Å². The number of carboxylic acid groups (broad SMARTS) is 2. The molecule has 3 rings (SSSR count). The van der Waals surface area contributed by atoms with Crippen molar-refractivity contribution in [3.05, 3.63) is 83.4 Å². The summed E-state index contributed by atoms with van der Waals surface area (Å²) in [6.07, 6.45) is 7.53. The fourth-order valence-corrected chi connectivity index (χ4v) is 3.32. The van der Waals surface area contributed by atoms with E-state index in [0.29, 0.717) is 12.2 Å². The SMILES string of the molecule is C#CCN1CCN(Cc2ccccc2Cc2ccccc2)CC1.O=C(O)/C=C\C(=O)O. The van der Waals surface area contributed by atoms with E-state index in [1.165, 1.54) is 16.7 Å². The number of nitrogens with zero attached hydrogens (tertiary/aromatic N) is 2. The highest BCUT2D eigenvalue weighted by molar-refractivity contribution is 5.89. The fraction of sp³-hybridized carbons (Fsp3) is 0.280. The number of hydrogen-bond donors (Lipinski definition) is 2. The Bertz CT molecular complexity index is 895. The van der Waals surface area contributed by atoms with Gasteiger partial charge in [0.1, 0.15) is 0 Å². The van der Waals surface area contributed by atoms with Gasteiger partial charge in [0, 0.05) is 44.9 Å². The minimum atomic E-state index is -1.26. The lowest BCUT2D eigenvalue weighted by molar-refractivity contribution is -0.134. The van der Waals surface area contributed by atoms with Gasteiger partial charge in [0.2, 0.25) is 0 Å². The molecule has 0 radical (unpaired) electrons. The van der Waals surface area contributed by atoms with Crippen molar-refractivity contribution in [1.82, 2.24) is 9.80 Å². The highest BCUT2D eigenvalue weighted by Gasteiger charge is 2.17. The molecule has 1 aliphatic rings. The third-order valence-electron chi connectivity index (χ3n) is 4.90. The van der Waals surface area contributed by atoms with E-state index in [1.54, 1.807) is 0 Å². The summed E-state index contributed by atoms with van der Waals surface area (Å²) < 4.78 is 0. The quantitative estimate of drug-likeness (QED) is 0.530. The third-order valence-corrected chi connectivity index (χ3v) is 4.90. The topological polar surface area (TPSA) is 81.1 Å². The number of piperazine rings is 1. The van der Waals surface area contributed by atoms with Crippen molar-refractivity contribution in [3.63, 3.8) is 0 Å². The molecule has 162 valence electrons. The molecule has 6 nitrogen and oxygen atoms in total. The summed E-state index contributed by atoms with van der Waals surface area (Å²) in [5, 5.41) is 15.6. The lowest BCUT2D eigenvalue weighted by atomic mass is 9.99. The molecule has 1 fully saturated rings. The van der Waals surface area contributed by atoms with Gasteiger partial charge in [0.15, 0.2) is 0 Å². The van der Waals surface area contributed by atoms with Crippen LogP contribution in [0.4, 0.5) is 0 Å². The molecular weight excluding hydrogens is 392 g/mol. The smallest absolute Gasteiger partial charge is 0.328 e. The van der Waals surface area contributed by atoms with Gasteiger partial charge in [-0.3, -0.25) is 9.80 Å². The summed E-state index contributed by atoms with van der Waals surface area (Å²) in [5.74, 6) is 0.232. The van der Waals surface area contributed by atoms with Gasteiger partial charge < -0.3 is 10.2 Å². The van der Waals surface area contributed by atoms with Crippen molar-refractivity contribution in [2.24, 2.45) is 0 Å². The molecule has 0 spiro atoms. The maximum Gasteiger partial charge on any atom is 0.328 e. The van der Waals surface area contributed by atoms with Gasteiger partial charge in [-0.2, -0.15) is 0 Å². The molecule has 1 heterocycles. The van der Waals surface area contributed by atoms with E-state index >= 15 is 0 Å². The molecule has 1 aliphatic heterocycles. The molecular formula is C25H28N2O4. The van der Waals surface area contributed by atoms with Crippen molar-refractivity contribution >= 4 is 11.9 Å². The first-order chi connectivity index (χ1) is 15.0. The van der Waals surface area contributed by atoms with Crippen LogP contribution >= 0.6 is 0 Å². The van der Waals surface area contributed by atoms with Gasteiger partial charge in [0.25, 0.3) is 0 Å². The van der Waals surface area contributed by atoms with Gasteiger partial charge in [-0.15, -0.1) is 6.42 Å². The van der Waals surface area contributed by atoms with Crippen molar-refractivity contribution in [2.45, 2.75) is 13.0 Å². The van der Waals surface area contributed by atoms with Crippen LogP contribution in [0.25, 0.3) is 0 Å². The molecule has 0 atom stereocenters. The maximum atomic E-state index is 9.55. The number of hydrogen-bond acceptors (Lipinski definition) is 4. The zero-order valence-corrected chi connectivity index (χ0v) is 17.5. The predicted octanol–water partition coefficient (Wildman–Crippen LogP) is 2.74. The van der Waals surface area contributed by atoms with Crippen molar-refractivity contribution in [2.75, 3.05) is 32.7 Å². The molecule has 31 heavy (non-hydrogen) atoms. The van der Waals surface area contributed by atoms with E-state index in [4.69, 9.17) is 16.6 Å². The van der Waals surface area contributed by atoms with E-state index in [-0.39, 0.29) is 0 Å². The average Bonchev–Trinajstić information content (AvgIpc) is 2.76. The molecule has 0 bridgehead atoms. The largest absolute Gasteiger partial charge is 0.478 e. The summed E-state index contributed by atoms with van der Waals surface area (Å²) in [6.45, 7) is 6.16. The summed E-state index contributed by atoms with van der Waals surface area (Å²) in [4.78, 5) is 24.0. The number of aliphatic carboxylic acids is 2. The van der Waals surface area contributed by atoms with E-state index in [2.05, 4.69) is 70.3 Å². The van der Waals surface area contributed by atoms with E-state index in [0.717, 1.165) is 45.7 Å². The molecule has 1 saturated heterocycles. The van der Waals surface area contributed by atoms with Crippen LogP contribution in [0.2, 0.25) is 0 Å². The number of carboxylic acids is 2. The zero-order valence-electron chi connectivity index (χ0n) is 17.5. The van der Waals surface area contributed by atoms with Gasteiger partial charge in [0.05, 0.1) is 6.54 Å². The van der Waals surface area contributed by atoms with Crippen LogP contribution in [0.3, 0.4) is 0 Å². The minimum Gasteiger partial charge on any atom is -0.478 e. The zero-order chi connectivity index (χ0) is 22.5. The molecule has 0 unspecified atom stereocenters. The summed E-state index contributed by atoms with van der Waals surface area (Å²) in [6, 6.07) is 19.5. The lowest BCUT2D eigenvalue weighted by Crippen LogP contribution is -2.45. The van der Waals surface area contributed by atoms with Crippen LogP contribution in [-0.2, 0) is 22.6 Å². The second-order valence-electron chi connectivity index (χ2n) is 7.20. The lowest BCUT2D eigenvalue weighted by Gasteiger charge is -2.34. The predicted molar refractivity (Wildman–Crippen MR) is 121 cm³/mol. The third kappa shape index (κ3) is 9.30. The molecule has 0 aliphatic carbocycles. The Morgan fingerprint density at radius 1 is 0.839 bits per heavy atom. The summed E-state index contributed by atoms with van der Waals surface area (Å²) in [5.41, 5.74) is 4.25. The summed E-state index contributed by atoms with van der Waals surface area (Å²) in [7, 11) is 0. The number of carbonyl (C=O) groups is 2. The van der Waals surface area contributed by atoms with Gasteiger partial charge in [-0.1, -0.05) is 60.5 Å². The first-order valence-corrected chi connectivity index (χ1v) is 10.1. The number of terminal acetylenes is 1. The van der Waals surface area contributed by atoms with Crippen LogP contribution in [0.15, 0.2) is 66.7 Å². The van der Waals surface area contributed by atoms with Crippen LogP contribution < -0.4 is 0 Å². The van der Waals surface area contributed by atoms with Crippen molar-refractivity contribution in [1.29, 1.82) is 0 Å². The molecule has 2 aromatic rings. The van der Waals surface area contributed by atoms with Crippen LogP contribution in [0, 0.1) is 12.3 Å². The number of rotatable bonds is 7.